The van der Waals surface area contributed by atoms with Gasteiger partial charge >= 0.3 is 6.18 Å². The fraction of sp³-hybridized carbons (Fsp3) is 0.583. The van der Waals surface area contributed by atoms with Gasteiger partial charge < -0.3 is 20.6 Å². The summed E-state index contributed by atoms with van der Waals surface area (Å²) >= 11 is 0.868. The average Bonchev–Trinajstić information content (AvgIpc) is 3.35. The molecule has 0 unspecified atom stereocenters. The highest BCUT2D eigenvalue weighted by atomic mass is 32.1. The predicted octanol–water partition coefficient (Wildman–Crippen LogP) is 4.39. The number of carbonyl (C=O) groups excluding carboxylic acids is 2. The van der Waals surface area contributed by atoms with E-state index in [-0.39, 0.29) is 33.9 Å². The fourth-order valence-corrected chi connectivity index (χ4v) is 5.62. The normalized spacial score (nSPS) is 23.6. The first kappa shape index (κ1) is 28.1. The van der Waals surface area contributed by atoms with E-state index >= 15 is 0 Å². The number of thiazole rings is 1. The van der Waals surface area contributed by atoms with Gasteiger partial charge in [-0.05, 0) is 44.7 Å². The molecule has 8 nitrogen and oxygen atoms in total. The molecule has 0 radical (unpaired) electrons. The van der Waals surface area contributed by atoms with Crippen LogP contribution in [0.5, 0.6) is 0 Å². The lowest BCUT2D eigenvalue weighted by atomic mass is 9.89. The molecule has 3 heterocycles. The van der Waals surface area contributed by atoms with Gasteiger partial charge in [-0.3, -0.25) is 9.59 Å². The van der Waals surface area contributed by atoms with E-state index in [0.29, 0.717) is 24.0 Å². The number of anilines is 1. The standard InChI is InChI=1S/C24H28F5N5O3S/c1-4-16(24(27,28)29)32-17-5-11(2)15(9-30-17)19-18(22(37)34-10-23(25,26)8-12(34)3)33-21(38-19)20(36)31-13-6-14(35)7-13/h5,9,12-14,16,35H,4,6-8,10H2,1-3H3,(H,30,32)(H,31,36)/t12-,13-,14-,16-/m0/s1. The maximum absolute atomic E-state index is 14.0. The summed E-state index contributed by atoms with van der Waals surface area (Å²) in [5.74, 6) is -4.44. The number of rotatable bonds is 7. The Morgan fingerprint density at radius 2 is 2.00 bits per heavy atom. The number of likely N-dealkylation sites (tertiary alicyclic amines) is 1. The van der Waals surface area contributed by atoms with Crippen LogP contribution in [0.25, 0.3) is 10.4 Å². The van der Waals surface area contributed by atoms with Crippen molar-refractivity contribution in [2.75, 3.05) is 11.9 Å². The molecule has 4 rings (SSSR count). The highest BCUT2D eigenvalue weighted by Crippen LogP contribution is 2.38. The molecule has 14 heteroatoms. The largest absolute Gasteiger partial charge is 0.408 e. The third kappa shape index (κ3) is 5.90. The van der Waals surface area contributed by atoms with Gasteiger partial charge in [-0.15, -0.1) is 11.3 Å². The number of hydrogen-bond acceptors (Lipinski definition) is 7. The Balaban J connectivity index is 1.68. The van der Waals surface area contributed by atoms with Crippen molar-refractivity contribution in [1.82, 2.24) is 20.2 Å². The van der Waals surface area contributed by atoms with Gasteiger partial charge in [0.05, 0.1) is 17.5 Å². The second-order valence-electron chi connectivity index (χ2n) is 9.87. The zero-order valence-electron chi connectivity index (χ0n) is 20.9. The van der Waals surface area contributed by atoms with Crippen molar-refractivity contribution in [2.24, 2.45) is 0 Å². The molecule has 1 saturated heterocycles. The van der Waals surface area contributed by atoms with Gasteiger partial charge in [0.1, 0.15) is 17.6 Å². The molecule has 208 valence electrons. The summed E-state index contributed by atoms with van der Waals surface area (Å²) in [7, 11) is 0. The number of aryl methyl sites for hydroxylation is 1. The van der Waals surface area contributed by atoms with Crippen molar-refractivity contribution >= 4 is 29.0 Å². The average molecular weight is 562 g/mol. The number of alkyl halides is 5. The molecule has 2 fully saturated rings. The van der Waals surface area contributed by atoms with Crippen LogP contribution in [0.2, 0.25) is 0 Å². The SMILES string of the molecule is CC[C@H](Nc1cc(C)c(-c2sc(C(=O)N[C@H]3C[C@H](O)C3)nc2C(=O)N2CC(F)(F)C[C@@H]2C)cn1)C(F)(F)F. The molecule has 2 aliphatic rings. The van der Waals surface area contributed by atoms with Crippen LogP contribution in [0.1, 0.15) is 65.4 Å². The Morgan fingerprint density at radius 1 is 1.32 bits per heavy atom. The second kappa shape index (κ2) is 10.4. The van der Waals surface area contributed by atoms with E-state index in [0.717, 1.165) is 16.2 Å². The van der Waals surface area contributed by atoms with Gasteiger partial charge in [0.2, 0.25) is 0 Å². The van der Waals surface area contributed by atoms with E-state index in [1.165, 1.54) is 26.1 Å². The topological polar surface area (TPSA) is 107 Å². The van der Waals surface area contributed by atoms with Gasteiger partial charge in [-0.25, -0.2) is 18.7 Å². The van der Waals surface area contributed by atoms with Crippen LogP contribution >= 0.6 is 11.3 Å². The molecule has 2 atom stereocenters. The third-order valence-corrected chi connectivity index (χ3v) is 7.83. The van der Waals surface area contributed by atoms with Gasteiger partial charge in [0.25, 0.3) is 17.7 Å². The van der Waals surface area contributed by atoms with E-state index in [1.807, 2.05) is 0 Å². The Kier molecular flexibility index (Phi) is 7.67. The lowest BCUT2D eigenvalue weighted by molar-refractivity contribution is -0.142. The Bertz CT molecular complexity index is 1210. The van der Waals surface area contributed by atoms with Gasteiger partial charge in [0.15, 0.2) is 5.01 Å². The quantitative estimate of drug-likeness (QED) is 0.433. The number of aliphatic hydroxyl groups is 1. The maximum Gasteiger partial charge on any atom is 0.408 e. The van der Waals surface area contributed by atoms with Crippen molar-refractivity contribution in [3.63, 3.8) is 0 Å². The lowest BCUT2D eigenvalue weighted by Crippen LogP contribution is -2.46. The number of aliphatic hydroxyl groups excluding tert-OH is 1. The minimum Gasteiger partial charge on any atom is -0.393 e. The Hall–Kier alpha value is -2.87. The van der Waals surface area contributed by atoms with Crippen molar-refractivity contribution in [3.8, 4) is 10.4 Å². The fourth-order valence-electron chi connectivity index (χ4n) is 4.58. The van der Waals surface area contributed by atoms with Crippen molar-refractivity contribution in [2.45, 2.75) is 82.8 Å². The molecule has 0 spiro atoms. The smallest absolute Gasteiger partial charge is 0.393 e. The van der Waals surface area contributed by atoms with E-state index in [1.54, 1.807) is 6.92 Å². The monoisotopic (exact) mass is 561 g/mol. The highest BCUT2D eigenvalue weighted by Gasteiger charge is 2.46. The summed E-state index contributed by atoms with van der Waals surface area (Å²) in [5.41, 5.74) is 0.588. The number of hydrogen-bond donors (Lipinski definition) is 3. The van der Waals surface area contributed by atoms with Crippen molar-refractivity contribution in [3.05, 3.63) is 28.5 Å². The van der Waals surface area contributed by atoms with Crippen molar-refractivity contribution < 1.29 is 36.6 Å². The highest BCUT2D eigenvalue weighted by molar-refractivity contribution is 7.17. The predicted molar refractivity (Wildman–Crippen MR) is 130 cm³/mol. The number of nitrogens with zero attached hydrogens (tertiary/aromatic N) is 3. The summed E-state index contributed by atoms with van der Waals surface area (Å²) in [4.78, 5) is 35.7. The van der Waals surface area contributed by atoms with Crippen LogP contribution in [0.4, 0.5) is 27.8 Å². The summed E-state index contributed by atoms with van der Waals surface area (Å²) in [5, 5.41) is 14.5. The molecule has 2 aromatic heterocycles. The molecular formula is C24H28F5N5O3S. The zero-order chi connectivity index (χ0) is 28.0. The van der Waals surface area contributed by atoms with Crippen LogP contribution in [-0.2, 0) is 0 Å². The summed E-state index contributed by atoms with van der Waals surface area (Å²) < 4.78 is 67.7. The first-order chi connectivity index (χ1) is 17.7. The molecule has 0 aromatic carbocycles. The minimum atomic E-state index is -4.48. The molecule has 3 N–H and O–H groups in total. The summed E-state index contributed by atoms with van der Waals surface area (Å²) in [6.07, 6.45) is -3.67. The maximum atomic E-state index is 14.0. The number of aromatic nitrogens is 2. The molecule has 1 aliphatic carbocycles. The van der Waals surface area contributed by atoms with Crippen molar-refractivity contribution in [1.29, 1.82) is 0 Å². The van der Waals surface area contributed by atoms with E-state index < -0.39 is 55.1 Å². The number of amides is 2. The Morgan fingerprint density at radius 3 is 2.53 bits per heavy atom. The molecule has 0 bridgehead atoms. The number of nitrogens with one attached hydrogen (secondary N) is 2. The number of pyridine rings is 1. The number of halogens is 5. The van der Waals surface area contributed by atoms with Gasteiger partial charge in [0, 0.05) is 30.3 Å². The Labute approximate surface area is 219 Å². The minimum absolute atomic E-state index is 0.0258. The van der Waals surface area contributed by atoms with Gasteiger partial charge in [-0.1, -0.05) is 6.92 Å². The summed E-state index contributed by atoms with van der Waals surface area (Å²) in [6.45, 7) is 3.70. The summed E-state index contributed by atoms with van der Waals surface area (Å²) in [6, 6.07) is -1.44. The van der Waals surface area contributed by atoms with E-state index in [4.69, 9.17) is 0 Å². The second-order valence-corrected chi connectivity index (χ2v) is 10.9. The van der Waals surface area contributed by atoms with Gasteiger partial charge in [-0.2, -0.15) is 13.2 Å². The first-order valence-electron chi connectivity index (χ1n) is 12.2. The van der Waals surface area contributed by atoms with Crippen LogP contribution < -0.4 is 10.6 Å². The molecule has 2 amide bonds. The van der Waals surface area contributed by atoms with Crippen LogP contribution in [0.15, 0.2) is 12.3 Å². The van der Waals surface area contributed by atoms with Crippen LogP contribution in [-0.4, -0.2) is 74.7 Å². The molecule has 1 aliphatic heterocycles. The van der Waals surface area contributed by atoms with E-state index in [9.17, 15) is 36.6 Å². The number of carbonyl (C=O) groups is 2. The molecule has 1 saturated carbocycles. The lowest BCUT2D eigenvalue weighted by Gasteiger charge is -2.31. The first-order valence-corrected chi connectivity index (χ1v) is 13.0. The van der Waals surface area contributed by atoms with Crippen LogP contribution in [0.3, 0.4) is 0 Å². The molecular weight excluding hydrogens is 533 g/mol. The van der Waals surface area contributed by atoms with Crippen LogP contribution in [0, 0.1) is 6.92 Å². The molecule has 38 heavy (non-hydrogen) atoms. The third-order valence-electron chi connectivity index (χ3n) is 6.74. The molecule has 2 aromatic rings. The zero-order valence-corrected chi connectivity index (χ0v) is 21.7. The van der Waals surface area contributed by atoms with E-state index in [2.05, 4.69) is 20.6 Å².